The van der Waals surface area contributed by atoms with Gasteiger partial charge in [0, 0.05) is 23.8 Å². The molecule has 2 aromatic carbocycles. The highest BCUT2D eigenvalue weighted by Crippen LogP contribution is 2.43. The minimum Gasteiger partial charge on any atom is -0.478 e. The molecule has 0 aliphatic carbocycles. The summed E-state index contributed by atoms with van der Waals surface area (Å²) in [7, 11) is 0. The smallest absolute Gasteiger partial charge is 0.335 e. The zero-order chi connectivity index (χ0) is 23.4. The fourth-order valence-electron chi connectivity index (χ4n) is 3.64. The number of unbranched alkanes of at least 4 members (excludes halogenated alkanes) is 2. The van der Waals surface area contributed by atoms with Crippen molar-refractivity contribution in [3.63, 3.8) is 0 Å². The summed E-state index contributed by atoms with van der Waals surface area (Å²) in [6.07, 6.45) is 2.48. The van der Waals surface area contributed by atoms with E-state index >= 15 is 0 Å². The molecule has 1 aromatic heterocycles. The van der Waals surface area contributed by atoms with Gasteiger partial charge in [0.1, 0.15) is 0 Å². The number of benzene rings is 2. The third-order valence-electron chi connectivity index (χ3n) is 5.27. The van der Waals surface area contributed by atoms with E-state index in [4.69, 9.17) is 4.74 Å². The van der Waals surface area contributed by atoms with E-state index in [1.807, 2.05) is 24.3 Å². The number of nitrogens with zero attached hydrogens (tertiary/aromatic N) is 4. The Labute approximate surface area is 196 Å². The zero-order valence-electron chi connectivity index (χ0n) is 18.4. The van der Waals surface area contributed by atoms with Gasteiger partial charge in [-0.1, -0.05) is 61.9 Å². The molecule has 1 N–H and O–H groups in total. The molecule has 1 aliphatic heterocycles. The van der Waals surface area contributed by atoms with E-state index in [-0.39, 0.29) is 17.4 Å². The van der Waals surface area contributed by atoms with Crippen LogP contribution in [0, 0.1) is 0 Å². The number of carbonyl (C=O) groups excluding carboxylic acids is 1. The van der Waals surface area contributed by atoms with Gasteiger partial charge in [0.2, 0.25) is 23.2 Å². The number of rotatable bonds is 7. The molecule has 9 heteroatoms. The van der Waals surface area contributed by atoms with Crippen LogP contribution >= 0.6 is 11.8 Å². The van der Waals surface area contributed by atoms with Crippen molar-refractivity contribution in [2.75, 3.05) is 10.7 Å². The molecule has 0 unspecified atom stereocenters. The van der Waals surface area contributed by atoms with E-state index in [1.54, 1.807) is 12.1 Å². The summed E-state index contributed by atoms with van der Waals surface area (Å²) in [4.78, 5) is 30.2. The van der Waals surface area contributed by atoms with Crippen LogP contribution in [0.3, 0.4) is 0 Å². The second-order valence-electron chi connectivity index (χ2n) is 7.61. The van der Waals surface area contributed by atoms with Gasteiger partial charge in [-0.15, -0.1) is 10.2 Å². The van der Waals surface area contributed by atoms with Crippen molar-refractivity contribution in [3.05, 3.63) is 59.7 Å². The first-order valence-electron chi connectivity index (χ1n) is 10.8. The summed E-state index contributed by atoms with van der Waals surface area (Å²) in [5, 5.41) is 18.4. The predicted molar refractivity (Wildman–Crippen MR) is 125 cm³/mol. The summed E-state index contributed by atoms with van der Waals surface area (Å²) in [5.74, 6) is -0.0924. The Kier molecular flexibility index (Phi) is 6.88. The van der Waals surface area contributed by atoms with E-state index in [0.717, 1.165) is 25.0 Å². The molecule has 1 aliphatic rings. The van der Waals surface area contributed by atoms with Gasteiger partial charge < -0.3 is 9.84 Å². The van der Waals surface area contributed by atoms with E-state index < -0.39 is 12.2 Å². The molecule has 0 saturated carbocycles. The topological polar surface area (TPSA) is 106 Å². The van der Waals surface area contributed by atoms with Gasteiger partial charge >= 0.3 is 5.97 Å². The maximum absolute atomic E-state index is 12.8. The van der Waals surface area contributed by atoms with Crippen molar-refractivity contribution in [1.82, 2.24) is 15.2 Å². The largest absolute Gasteiger partial charge is 0.478 e. The van der Waals surface area contributed by atoms with Gasteiger partial charge in [0.15, 0.2) is 5.69 Å². The van der Waals surface area contributed by atoms with Crippen LogP contribution in [0.1, 0.15) is 55.3 Å². The lowest BCUT2D eigenvalue weighted by atomic mass is 10.1. The molecular weight excluding hydrogens is 440 g/mol. The molecule has 33 heavy (non-hydrogen) atoms. The highest BCUT2D eigenvalue weighted by atomic mass is 32.2. The number of amides is 1. The van der Waals surface area contributed by atoms with Crippen molar-refractivity contribution in [1.29, 1.82) is 0 Å². The van der Waals surface area contributed by atoms with Crippen molar-refractivity contribution >= 4 is 29.3 Å². The summed E-state index contributed by atoms with van der Waals surface area (Å²) < 4.78 is 6.30. The number of hydrogen-bond acceptors (Lipinski definition) is 7. The lowest BCUT2D eigenvalue weighted by molar-refractivity contribution is -0.118. The fourth-order valence-corrected chi connectivity index (χ4v) is 4.41. The van der Waals surface area contributed by atoms with Crippen molar-refractivity contribution in [2.45, 2.75) is 44.5 Å². The monoisotopic (exact) mass is 464 g/mol. The Bertz CT molecular complexity index is 1170. The Hall–Kier alpha value is -3.46. The first-order valence-corrected chi connectivity index (χ1v) is 11.7. The van der Waals surface area contributed by atoms with Crippen LogP contribution in [0.25, 0.3) is 11.3 Å². The van der Waals surface area contributed by atoms with Gasteiger partial charge in [-0.2, -0.15) is 4.98 Å². The van der Waals surface area contributed by atoms with Crippen LogP contribution in [0.15, 0.2) is 53.7 Å². The Morgan fingerprint density at radius 3 is 2.55 bits per heavy atom. The Morgan fingerprint density at radius 2 is 1.85 bits per heavy atom. The average Bonchev–Trinajstić information content (AvgIpc) is 2.96. The molecule has 2 heterocycles. The third-order valence-corrected chi connectivity index (χ3v) is 6.20. The number of aromatic carboxylic acids is 1. The van der Waals surface area contributed by atoms with Gasteiger partial charge in [-0.05, 0) is 24.6 Å². The molecule has 1 amide bonds. The number of fused-ring (bicyclic) bond motifs is 3. The number of aromatic nitrogens is 3. The normalized spacial score (nSPS) is 14.6. The Morgan fingerprint density at radius 1 is 1.09 bits per heavy atom. The highest BCUT2D eigenvalue weighted by molar-refractivity contribution is 7.99. The van der Waals surface area contributed by atoms with Gasteiger partial charge in [-0.25, -0.2) is 4.79 Å². The molecule has 3 aromatic rings. The third kappa shape index (κ3) is 4.83. The van der Waals surface area contributed by atoms with E-state index in [9.17, 15) is 14.7 Å². The molecule has 4 rings (SSSR count). The summed E-state index contributed by atoms with van der Waals surface area (Å²) >= 11 is 1.52. The second-order valence-corrected chi connectivity index (χ2v) is 8.67. The van der Waals surface area contributed by atoms with E-state index in [1.165, 1.54) is 35.7 Å². The minimum atomic E-state index is -1.02. The number of carbonyl (C=O) groups is 2. The van der Waals surface area contributed by atoms with Crippen LogP contribution in [-0.4, -0.2) is 37.9 Å². The van der Waals surface area contributed by atoms with Crippen LogP contribution in [-0.2, 0) is 4.79 Å². The van der Waals surface area contributed by atoms with Crippen LogP contribution in [0.2, 0.25) is 0 Å². The quantitative estimate of drug-likeness (QED) is 0.386. The first kappa shape index (κ1) is 22.7. The standard InChI is InChI=1S/C24H24N4O4S/c1-3-4-7-14-33-24-25-21-20(26-27-24)18-8-5-6-9-19(18)28(15(2)29)22(32-21)16-10-12-17(13-11-16)23(30)31/h5-6,8-13,22H,3-4,7,14H2,1-2H3,(H,30,31)/t22-/m1/s1. The maximum atomic E-state index is 12.8. The molecule has 170 valence electrons. The molecule has 8 nitrogen and oxygen atoms in total. The molecule has 0 radical (unpaired) electrons. The minimum absolute atomic E-state index is 0.150. The lowest BCUT2D eigenvalue weighted by Crippen LogP contribution is -2.36. The van der Waals surface area contributed by atoms with Crippen molar-refractivity contribution in [2.24, 2.45) is 0 Å². The van der Waals surface area contributed by atoms with Crippen LogP contribution < -0.4 is 9.64 Å². The fraction of sp³-hybridized carbons (Fsp3) is 0.292. The number of ether oxygens (including phenoxy) is 1. The van der Waals surface area contributed by atoms with Gasteiger partial charge in [0.05, 0.1) is 11.3 Å². The summed E-state index contributed by atoms with van der Waals surface area (Å²) in [5.41, 5.74) is 2.54. The number of carboxylic acid groups (broad SMARTS) is 1. The van der Waals surface area contributed by atoms with Crippen molar-refractivity contribution in [3.8, 4) is 17.1 Å². The number of anilines is 1. The number of para-hydroxylation sites is 1. The molecular formula is C24H24N4O4S. The summed E-state index contributed by atoms with van der Waals surface area (Å²) in [6.45, 7) is 3.61. The molecule has 0 fully saturated rings. The number of thioether (sulfide) groups is 1. The van der Waals surface area contributed by atoms with Gasteiger partial charge in [0.25, 0.3) is 0 Å². The van der Waals surface area contributed by atoms with Crippen LogP contribution in [0.4, 0.5) is 5.69 Å². The Balaban J connectivity index is 1.78. The average molecular weight is 465 g/mol. The lowest BCUT2D eigenvalue weighted by Gasteiger charge is -2.29. The van der Waals surface area contributed by atoms with Gasteiger partial charge in [-0.3, -0.25) is 9.69 Å². The van der Waals surface area contributed by atoms with Crippen molar-refractivity contribution < 1.29 is 19.4 Å². The number of hydrogen-bond donors (Lipinski definition) is 1. The van der Waals surface area contributed by atoms with E-state index in [0.29, 0.717) is 27.7 Å². The zero-order valence-corrected chi connectivity index (χ0v) is 19.2. The van der Waals surface area contributed by atoms with Crippen LogP contribution in [0.5, 0.6) is 5.88 Å². The summed E-state index contributed by atoms with van der Waals surface area (Å²) in [6, 6.07) is 13.6. The second kappa shape index (κ2) is 9.99. The molecule has 0 spiro atoms. The predicted octanol–water partition coefficient (Wildman–Crippen LogP) is 4.96. The molecule has 1 atom stereocenters. The number of carboxylic acids is 1. The van der Waals surface area contributed by atoms with E-state index in [2.05, 4.69) is 22.1 Å². The molecule has 0 saturated heterocycles. The maximum Gasteiger partial charge on any atom is 0.335 e. The molecule has 0 bridgehead atoms. The highest BCUT2D eigenvalue weighted by Gasteiger charge is 2.34. The first-order chi connectivity index (χ1) is 16.0. The SMILES string of the molecule is CCCCCSc1nnc2c(n1)O[C@H](c1ccc(C(=O)O)cc1)N(C(C)=O)c1ccccc1-2.